The van der Waals surface area contributed by atoms with Gasteiger partial charge in [0.15, 0.2) is 0 Å². The lowest BCUT2D eigenvalue weighted by Gasteiger charge is -2.36. The highest BCUT2D eigenvalue weighted by atomic mass is 32.2. The van der Waals surface area contributed by atoms with Gasteiger partial charge in [0.25, 0.3) is 0 Å². The SMILES string of the molecule is CCCN(C1CNC1)S(C)(=O)=O. The Morgan fingerprint density at radius 3 is 2.33 bits per heavy atom. The first kappa shape index (κ1) is 9.95. The number of nitrogens with zero attached hydrogens (tertiary/aromatic N) is 1. The van der Waals surface area contributed by atoms with Crippen LogP contribution in [0.4, 0.5) is 0 Å². The quantitative estimate of drug-likeness (QED) is 0.661. The largest absolute Gasteiger partial charge is 0.313 e. The molecule has 0 spiro atoms. The van der Waals surface area contributed by atoms with E-state index in [-0.39, 0.29) is 6.04 Å². The summed E-state index contributed by atoms with van der Waals surface area (Å²) in [6.07, 6.45) is 2.16. The summed E-state index contributed by atoms with van der Waals surface area (Å²) in [4.78, 5) is 0. The molecule has 1 aliphatic rings. The van der Waals surface area contributed by atoms with Gasteiger partial charge in [-0.1, -0.05) is 6.92 Å². The molecule has 5 heteroatoms. The second-order valence-electron chi connectivity index (χ2n) is 3.19. The molecule has 1 fully saturated rings. The van der Waals surface area contributed by atoms with E-state index in [4.69, 9.17) is 0 Å². The summed E-state index contributed by atoms with van der Waals surface area (Å²) < 4.78 is 24.1. The number of hydrogen-bond acceptors (Lipinski definition) is 3. The summed E-state index contributed by atoms with van der Waals surface area (Å²) in [7, 11) is -2.99. The predicted octanol–water partition coefficient (Wildman–Crippen LogP) is -0.370. The number of hydrogen-bond donors (Lipinski definition) is 1. The summed E-state index contributed by atoms with van der Waals surface area (Å²) in [6, 6.07) is 0.194. The van der Waals surface area contributed by atoms with Crippen molar-refractivity contribution in [1.29, 1.82) is 0 Å². The fourth-order valence-corrected chi connectivity index (χ4v) is 2.52. The molecule has 0 radical (unpaired) electrons. The van der Waals surface area contributed by atoms with Crippen molar-refractivity contribution in [2.75, 3.05) is 25.9 Å². The maximum absolute atomic E-state index is 11.3. The number of rotatable bonds is 4. The summed E-state index contributed by atoms with van der Waals surface area (Å²) in [5.74, 6) is 0. The smallest absolute Gasteiger partial charge is 0.211 e. The van der Waals surface area contributed by atoms with E-state index in [1.165, 1.54) is 6.26 Å². The minimum atomic E-state index is -2.99. The van der Waals surface area contributed by atoms with Crippen LogP contribution >= 0.6 is 0 Å². The van der Waals surface area contributed by atoms with Gasteiger partial charge >= 0.3 is 0 Å². The van der Waals surface area contributed by atoms with Crippen LogP contribution < -0.4 is 5.32 Å². The fourth-order valence-electron chi connectivity index (χ4n) is 1.32. The van der Waals surface area contributed by atoms with Crippen molar-refractivity contribution in [3.8, 4) is 0 Å². The zero-order valence-corrected chi connectivity index (χ0v) is 8.39. The Labute approximate surface area is 74.0 Å². The van der Waals surface area contributed by atoms with E-state index in [1.54, 1.807) is 4.31 Å². The molecule has 1 rings (SSSR count). The van der Waals surface area contributed by atoms with Gasteiger partial charge in [-0.2, -0.15) is 4.31 Å². The molecule has 0 saturated carbocycles. The normalized spacial score (nSPS) is 19.6. The van der Waals surface area contributed by atoms with Crippen LogP contribution in [0.15, 0.2) is 0 Å². The van der Waals surface area contributed by atoms with Crippen molar-refractivity contribution in [3.05, 3.63) is 0 Å². The van der Waals surface area contributed by atoms with Crippen molar-refractivity contribution in [2.45, 2.75) is 19.4 Å². The van der Waals surface area contributed by atoms with Crippen molar-refractivity contribution in [2.24, 2.45) is 0 Å². The van der Waals surface area contributed by atoms with Gasteiger partial charge in [0.05, 0.1) is 6.26 Å². The van der Waals surface area contributed by atoms with Gasteiger partial charge in [-0.05, 0) is 6.42 Å². The van der Waals surface area contributed by atoms with Gasteiger partial charge in [-0.15, -0.1) is 0 Å². The Kier molecular flexibility index (Phi) is 3.09. The summed E-state index contributed by atoms with van der Waals surface area (Å²) in [5.41, 5.74) is 0. The van der Waals surface area contributed by atoms with Gasteiger partial charge in [-0.3, -0.25) is 0 Å². The van der Waals surface area contributed by atoms with Gasteiger partial charge in [0.1, 0.15) is 0 Å². The lowest BCUT2D eigenvalue weighted by Crippen LogP contribution is -2.58. The summed E-state index contributed by atoms with van der Waals surface area (Å²) in [5, 5.41) is 3.07. The Hall–Kier alpha value is -0.130. The van der Waals surface area contributed by atoms with Crippen LogP contribution in [0.3, 0.4) is 0 Å². The molecule has 0 unspecified atom stereocenters. The first-order valence-corrected chi connectivity index (χ1v) is 6.08. The van der Waals surface area contributed by atoms with Crippen LogP contribution in [0, 0.1) is 0 Å². The number of nitrogens with one attached hydrogen (secondary N) is 1. The molecule has 0 amide bonds. The van der Waals surface area contributed by atoms with Crippen LogP contribution in [0.25, 0.3) is 0 Å². The molecule has 72 valence electrons. The van der Waals surface area contributed by atoms with Crippen molar-refractivity contribution in [1.82, 2.24) is 9.62 Å². The topological polar surface area (TPSA) is 49.4 Å². The third kappa shape index (κ3) is 2.18. The monoisotopic (exact) mass is 192 g/mol. The Morgan fingerprint density at radius 1 is 1.50 bits per heavy atom. The zero-order chi connectivity index (χ0) is 9.19. The van der Waals surface area contributed by atoms with Gasteiger partial charge in [-0.25, -0.2) is 8.42 Å². The second kappa shape index (κ2) is 3.72. The summed E-state index contributed by atoms with van der Waals surface area (Å²) >= 11 is 0. The Morgan fingerprint density at radius 2 is 2.08 bits per heavy atom. The van der Waals surface area contributed by atoms with E-state index in [0.717, 1.165) is 19.5 Å². The highest BCUT2D eigenvalue weighted by Crippen LogP contribution is 2.10. The van der Waals surface area contributed by atoms with Crippen LogP contribution in [-0.2, 0) is 10.0 Å². The van der Waals surface area contributed by atoms with Crippen molar-refractivity contribution >= 4 is 10.0 Å². The molecule has 0 aromatic rings. The lowest BCUT2D eigenvalue weighted by atomic mass is 10.2. The fraction of sp³-hybridized carbons (Fsp3) is 1.00. The standard InChI is InChI=1S/C7H16N2O2S/c1-3-4-9(12(2,10)11)7-5-8-6-7/h7-8H,3-6H2,1-2H3. The first-order valence-electron chi connectivity index (χ1n) is 4.23. The molecule has 1 heterocycles. The van der Waals surface area contributed by atoms with E-state index < -0.39 is 10.0 Å². The third-order valence-corrected chi connectivity index (χ3v) is 3.37. The molecule has 0 aliphatic carbocycles. The molecule has 0 aromatic heterocycles. The van der Waals surface area contributed by atoms with Crippen molar-refractivity contribution < 1.29 is 8.42 Å². The maximum atomic E-state index is 11.3. The highest BCUT2D eigenvalue weighted by Gasteiger charge is 2.29. The highest BCUT2D eigenvalue weighted by molar-refractivity contribution is 7.88. The zero-order valence-electron chi connectivity index (χ0n) is 7.58. The van der Waals surface area contributed by atoms with E-state index in [1.807, 2.05) is 6.92 Å². The molecule has 0 bridgehead atoms. The van der Waals surface area contributed by atoms with E-state index in [9.17, 15) is 8.42 Å². The van der Waals surface area contributed by atoms with Gasteiger partial charge in [0.2, 0.25) is 10.0 Å². The van der Waals surface area contributed by atoms with E-state index >= 15 is 0 Å². The average Bonchev–Trinajstić information content (AvgIpc) is 1.80. The van der Waals surface area contributed by atoms with Crippen molar-refractivity contribution in [3.63, 3.8) is 0 Å². The Balaban J connectivity index is 2.60. The molecule has 4 nitrogen and oxygen atoms in total. The summed E-state index contributed by atoms with van der Waals surface area (Å²) in [6.45, 7) is 4.23. The van der Waals surface area contributed by atoms with Crippen LogP contribution in [-0.4, -0.2) is 44.7 Å². The van der Waals surface area contributed by atoms with E-state index in [0.29, 0.717) is 6.54 Å². The minimum Gasteiger partial charge on any atom is -0.313 e. The first-order chi connectivity index (χ1) is 5.55. The van der Waals surface area contributed by atoms with E-state index in [2.05, 4.69) is 5.32 Å². The molecule has 1 aliphatic heterocycles. The molecular weight excluding hydrogens is 176 g/mol. The minimum absolute atomic E-state index is 0.194. The average molecular weight is 192 g/mol. The molecule has 12 heavy (non-hydrogen) atoms. The van der Waals surface area contributed by atoms with Gasteiger partial charge < -0.3 is 5.32 Å². The van der Waals surface area contributed by atoms with Crippen LogP contribution in [0.2, 0.25) is 0 Å². The molecular formula is C7H16N2O2S. The third-order valence-electron chi connectivity index (χ3n) is 2.04. The van der Waals surface area contributed by atoms with Gasteiger partial charge in [0, 0.05) is 25.7 Å². The number of sulfonamides is 1. The molecule has 1 saturated heterocycles. The second-order valence-corrected chi connectivity index (χ2v) is 5.12. The lowest BCUT2D eigenvalue weighted by molar-refractivity contribution is 0.243. The van der Waals surface area contributed by atoms with Crippen LogP contribution in [0.1, 0.15) is 13.3 Å². The maximum Gasteiger partial charge on any atom is 0.211 e. The predicted molar refractivity (Wildman–Crippen MR) is 48.5 cm³/mol. The Bertz CT molecular complexity index is 234. The van der Waals surface area contributed by atoms with Crippen LogP contribution in [0.5, 0.6) is 0 Å². The molecule has 1 N–H and O–H groups in total. The molecule has 0 atom stereocenters. The molecule has 0 aromatic carbocycles.